The molecule has 0 heterocycles. The third-order valence-electron chi connectivity index (χ3n) is 5.70. The van der Waals surface area contributed by atoms with Gasteiger partial charge in [-0.3, -0.25) is 0 Å². The highest BCUT2D eigenvalue weighted by molar-refractivity contribution is 5.18. The lowest BCUT2D eigenvalue weighted by molar-refractivity contribution is -0.469. The van der Waals surface area contributed by atoms with E-state index < -0.39 is 91.5 Å². The van der Waals surface area contributed by atoms with E-state index in [-0.39, 0.29) is 12.8 Å². The Morgan fingerprint density at radius 2 is 0.600 bits per heavy atom. The number of rotatable bonds is 17. The molecular formula is C19H20F20O. The Morgan fingerprint density at radius 3 is 0.875 bits per heavy atom. The Hall–Kier alpha value is -1.44. The molecule has 21 heteroatoms. The van der Waals surface area contributed by atoms with Crippen molar-refractivity contribution in [2.45, 2.75) is 111 Å². The minimum Gasteiger partial charge on any atom is -0.396 e. The zero-order valence-electron chi connectivity index (χ0n) is 19.7. The standard InChI is InChI=1S/C19H20F20O/c1-2-3-4-5-6-7-10(20,21)12(24,25)14(28,29)16(32,33)18(36,37)19(38,39)17(34,35)15(30,31)13(26,27)11(22,23)8-9-40/h40H,2-9H2,1H3. The van der Waals surface area contributed by atoms with E-state index in [2.05, 4.69) is 0 Å². The zero-order valence-corrected chi connectivity index (χ0v) is 19.7. The van der Waals surface area contributed by atoms with Gasteiger partial charge in [0.05, 0.1) is 0 Å². The Bertz CT molecular complexity index is 834. The van der Waals surface area contributed by atoms with Gasteiger partial charge in [-0.1, -0.05) is 32.6 Å². The van der Waals surface area contributed by atoms with Crippen LogP contribution in [0.15, 0.2) is 0 Å². The molecule has 0 aliphatic heterocycles. The molecule has 0 aromatic carbocycles. The number of hydrogen-bond donors (Lipinski definition) is 1. The average molecular weight is 644 g/mol. The van der Waals surface area contributed by atoms with Crippen molar-refractivity contribution in [2.75, 3.05) is 6.61 Å². The van der Waals surface area contributed by atoms with Crippen molar-refractivity contribution in [1.29, 1.82) is 0 Å². The number of hydrogen-bond acceptors (Lipinski definition) is 1. The van der Waals surface area contributed by atoms with Gasteiger partial charge in [0.1, 0.15) is 0 Å². The summed E-state index contributed by atoms with van der Waals surface area (Å²) in [5, 5.41) is 8.12. The topological polar surface area (TPSA) is 20.2 Å². The summed E-state index contributed by atoms with van der Waals surface area (Å²) in [7, 11) is 0. The Morgan fingerprint density at radius 1 is 0.350 bits per heavy atom. The summed E-state index contributed by atoms with van der Waals surface area (Å²) in [6, 6.07) is 0. The lowest BCUT2D eigenvalue weighted by atomic mass is 9.84. The first-order valence-electron chi connectivity index (χ1n) is 10.8. The van der Waals surface area contributed by atoms with Crippen molar-refractivity contribution >= 4 is 0 Å². The maximum atomic E-state index is 13.8. The number of alkyl halides is 20. The summed E-state index contributed by atoms with van der Waals surface area (Å²) in [6.07, 6.45) is -6.47. The molecule has 0 spiro atoms. The van der Waals surface area contributed by atoms with Crippen molar-refractivity contribution in [2.24, 2.45) is 0 Å². The van der Waals surface area contributed by atoms with Crippen LogP contribution in [0.1, 0.15) is 51.9 Å². The molecule has 0 bridgehead atoms. The number of aliphatic hydroxyl groups is 1. The molecule has 0 rings (SSSR count). The third kappa shape index (κ3) is 5.51. The summed E-state index contributed by atoms with van der Waals surface area (Å²) in [5.41, 5.74) is 0. The van der Waals surface area contributed by atoms with E-state index in [1.807, 2.05) is 0 Å². The zero-order chi connectivity index (χ0) is 32.7. The van der Waals surface area contributed by atoms with Crippen LogP contribution < -0.4 is 0 Å². The van der Waals surface area contributed by atoms with Gasteiger partial charge in [-0.05, 0) is 6.42 Å². The number of aliphatic hydroxyl groups excluding tert-OH is 1. The molecule has 40 heavy (non-hydrogen) atoms. The second kappa shape index (κ2) is 11.3. The monoisotopic (exact) mass is 644 g/mol. The smallest absolute Gasteiger partial charge is 0.385 e. The maximum Gasteiger partial charge on any atom is 0.385 e. The van der Waals surface area contributed by atoms with Gasteiger partial charge >= 0.3 is 59.2 Å². The van der Waals surface area contributed by atoms with Gasteiger partial charge < -0.3 is 5.11 Å². The van der Waals surface area contributed by atoms with E-state index in [9.17, 15) is 87.8 Å². The highest BCUT2D eigenvalue weighted by Gasteiger charge is 2.97. The first-order valence-corrected chi connectivity index (χ1v) is 10.8. The van der Waals surface area contributed by atoms with Crippen LogP contribution in [0.5, 0.6) is 0 Å². The molecule has 0 saturated carbocycles. The largest absolute Gasteiger partial charge is 0.396 e. The van der Waals surface area contributed by atoms with Crippen molar-refractivity contribution < 1.29 is 92.9 Å². The van der Waals surface area contributed by atoms with Crippen molar-refractivity contribution in [3.05, 3.63) is 0 Å². The van der Waals surface area contributed by atoms with Gasteiger partial charge in [0.15, 0.2) is 0 Å². The fourth-order valence-corrected chi connectivity index (χ4v) is 3.05. The second-order valence-corrected chi connectivity index (χ2v) is 8.64. The first-order chi connectivity index (χ1) is 17.4. The molecule has 0 aromatic heterocycles. The Labute approximate surface area is 211 Å². The fourth-order valence-electron chi connectivity index (χ4n) is 3.05. The van der Waals surface area contributed by atoms with Gasteiger partial charge in [0, 0.05) is 19.4 Å². The van der Waals surface area contributed by atoms with Gasteiger partial charge in [-0.15, -0.1) is 0 Å². The van der Waals surface area contributed by atoms with Crippen LogP contribution in [0.2, 0.25) is 0 Å². The van der Waals surface area contributed by atoms with Gasteiger partial charge in [0.25, 0.3) is 0 Å². The molecule has 1 nitrogen and oxygen atoms in total. The summed E-state index contributed by atoms with van der Waals surface area (Å²) in [5.74, 6) is -81.6. The van der Waals surface area contributed by atoms with E-state index in [0.29, 0.717) is 6.42 Å². The van der Waals surface area contributed by atoms with Crippen molar-refractivity contribution in [3.8, 4) is 0 Å². The number of unbranched alkanes of at least 4 members (excludes halogenated alkanes) is 4. The van der Waals surface area contributed by atoms with Crippen LogP contribution in [-0.2, 0) is 0 Å². The Balaban J connectivity index is 6.76. The van der Waals surface area contributed by atoms with E-state index in [1.165, 1.54) is 0 Å². The molecule has 0 aliphatic rings. The SMILES string of the molecule is CCCCCCCC(F)(F)C(F)(F)C(F)(F)C(F)(F)C(F)(F)C(F)(F)C(F)(F)C(F)(F)C(F)(F)C(F)(F)CCO. The minimum atomic E-state index is -9.03. The Kier molecular flexibility index (Phi) is 10.9. The molecule has 0 unspecified atom stereocenters. The van der Waals surface area contributed by atoms with Gasteiger partial charge in [-0.2, -0.15) is 87.8 Å². The molecule has 1 N–H and O–H groups in total. The van der Waals surface area contributed by atoms with E-state index >= 15 is 0 Å². The minimum absolute atomic E-state index is 0.0275. The van der Waals surface area contributed by atoms with Crippen LogP contribution in [-0.4, -0.2) is 70.9 Å². The summed E-state index contributed by atoms with van der Waals surface area (Å²) in [4.78, 5) is 0. The van der Waals surface area contributed by atoms with Crippen molar-refractivity contribution in [3.63, 3.8) is 0 Å². The van der Waals surface area contributed by atoms with E-state index in [1.54, 1.807) is 6.92 Å². The van der Waals surface area contributed by atoms with E-state index in [4.69, 9.17) is 5.11 Å². The normalized spacial score (nSPS) is 16.1. The number of halogens is 20. The molecule has 0 atom stereocenters. The predicted octanol–water partition coefficient (Wildman–Crippen LogP) is 9.08. The molecule has 0 aromatic rings. The lowest BCUT2D eigenvalue weighted by Gasteiger charge is -2.45. The van der Waals surface area contributed by atoms with Crippen LogP contribution in [0, 0.1) is 0 Å². The van der Waals surface area contributed by atoms with Crippen LogP contribution in [0.4, 0.5) is 87.8 Å². The predicted molar refractivity (Wildman–Crippen MR) is 94.5 cm³/mol. The first kappa shape index (κ1) is 38.6. The van der Waals surface area contributed by atoms with Gasteiger partial charge in [0.2, 0.25) is 0 Å². The molecule has 0 fully saturated rings. The summed E-state index contributed by atoms with van der Waals surface area (Å²) >= 11 is 0. The summed E-state index contributed by atoms with van der Waals surface area (Å²) < 4.78 is 273. The summed E-state index contributed by atoms with van der Waals surface area (Å²) in [6.45, 7) is -0.731. The maximum absolute atomic E-state index is 13.8. The fraction of sp³-hybridized carbons (Fsp3) is 1.00. The van der Waals surface area contributed by atoms with Crippen molar-refractivity contribution in [1.82, 2.24) is 0 Å². The molecular weight excluding hydrogens is 624 g/mol. The van der Waals surface area contributed by atoms with Crippen LogP contribution in [0.3, 0.4) is 0 Å². The second-order valence-electron chi connectivity index (χ2n) is 8.64. The highest BCUT2D eigenvalue weighted by atomic mass is 19.4. The molecule has 0 saturated heterocycles. The third-order valence-corrected chi connectivity index (χ3v) is 5.70. The van der Waals surface area contributed by atoms with E-state index in [0.717, 1.165) is 0 Å². The highest BCUT2D eigenvalue weighted by Crippen LogP contribution is 2.66. The van der Waals surface area contributed by atoms with Crippen LogP contribution in [0.25, 0.3) is 0 Å². The molecule has 0 radical (unpaired) electrons. The molecule has 0 aliphatic carbocycles. The molecule has 0 amide bonds. The molecule has 242 valence electrons. The average Bonchev–Trinajstić information content (AvgIpc) is 2.77. The van der Waals surface area contributed by atoms with Gasteiger partial charge in [-0.25, -0.2) is 0 Å². The lowest BCUT2D eigenvalue weighted by Crippen LogP contribution is -2.77. The quantitative estimate of drug-likeness (QED) is 0.124. The van der Waals surface area contributed by atoms with Crippen LogP contribution >= 0.6 is 0 Å².